The fourth-order valence-electron chi connectivity index (χ4n) is 2.10. The summed E-state index contributed by atoms with van der Waals surface area (Å²) in [5.41, 5.74) is -0.477. The normalized spacial score (nSPS) is 12.1. The number of carbonyl (C=O) groups is 1. The van der Waals surface area contributed by atoms with Crippen molar-refractivity contribution in [3.8, 4) is 5.75 Å². The monoisotopic (exact) mass is 352 g/mol. The maximum absolute atomic E-state index is 13.6. The molecule has 7 heteroatoms. The minimum atomic E-state index is -0.842. The smallest absolute Gasteiger partial charge is 0.241 e. The van der Waals surface area contributed by atoms with E-state index < -0.39 is 35.1 Å². The molecular weight excluding hydrogens is 333 g/mol. The average molecular weight is 352 g/mol. The SMILES string of the molecule is CC(C(=O)Nc1c(F)cccc1F)N(C)CCOc1ccccc1F. The Balaban J connectivity index is 1.87. The maximum Gasteiger partial charge on any atom is 0.241 e. The highest BCUT2D eigenvalue weighted by Gasteiger charge is 2.20. The zero-order valence-corrected chi connectivity index (χ0v) is 13.9. The van der Waals surface area contributed by atoms with E-state index in [4.69, 9.17) is 4.74 Å². The Kier molecular flexibility index (Phi) is 6.41. The van der Waals surface area contributed by atoms with Crippen LogP contribution in [0, 0.1) is 17.5 Å². The molecule has 0 fully saturated rings. The van der Waals surface area contributed by atoms with Crippen LogP contribution in [-0.4, -0.2) is 37.0 Å². The summed E-state index contributed by atoms with van der Waals surface area (Å²) in [5.74, 6) is -2.58. The van der Waals surface area contributed by atoms with E-state index in [9.17, 15) is 18.0 Å². The van der Waals surface area contributed by atoms with Crippen LogP contribution in [0.5, 0.6) is 5.75 Å². The third kappa shape index (κ3) is 4.96. The molecule has 2 rings (SSSR count). The highest BCUT2D eigenvalue weighted by Crippen LogP contribution is 2.19. The number of ether oxygens (including phenoxy) is 1. The number of rotatable bonds is 7. The molecule has 2 aromatic rings. The van der Waals surface area contributed by atoms with Crippen molar-refractivity contribution in [2.75, 3.05) is 25.5 Å². The summed E-state index contributed by atoms with van der Waals surface area (Å²) in [6.07, 6.45) is 0. The van der Waals surface area contributed by atoms with E-state index in [1.807, 2.05) is 0 Å². The van der Waals surface area contributed by atoms with Crippen LogP contribution in [0.15, 0.2) is 42.5 Å². The van der Waals surface area contributed by atoms with Gasteiger partial charge >= 0.3 is 0 Å². The van der Waals surface area contributed by atoms with Crippen molar-refractivity contribution < 1.29 is 22.7 Å². The Morgan fingerprint density at radius 1 is 1.08 bits per heavy atom. The minimum Gasteiger partial charge on any atom is -0.489 e. The van der Waals surface area contributed by atoms with Crippen molar-refractivity contribution in [2.45, 2.75) is 13.0 Å². The van der Waals surface area contributed by atoms with E-state index in [2.05, 4.69) is 5.32 Å². The molecule has 0 aliphatic heterocycles. The van der Waals surface area contributed by atoms with E-state index in [0.29, 0.717) is 6.54 Å². The number of hydrogen-bond acceptors (Lipinski definition) is 3. The Bertz CT molecular complexity index is 720. The van der Waals surface area contributed by atoms with Gasteiger partial charge in [0.25, 0.3) is 0 Å². The average Bonchev–Trinajstić information content (AvgIpc) is 2.59. The van der Waals surface area contributed by atoms with Crippen molar-refractivity contribution in [1.82, 2.24) is 4.90 Å². The lowest BCUT2D eigenvalue weighted by Gasteiger charge is -2.24. The van der Waals surface area contributed by atoms with Crippen LogP contribution < -0.4 is 10.1 Å². The molecule has 1 amide bonds. The molecule has 0 aromatic heterocycles. The number of amides is 1. The van der Waals surface area contributed by atoms with E-state index in [1.54, 1.807) is 31.0 Å². The summed E-state index contributed by atoms with van der Waals surface area (Å²) in [6.45, 7) is 2.07. The van der Waals surface area contributed by atoms with Crippen LogP contribution in [0.3, 0.4) is 0 Å². The van der Waals surface area contributed by atoms with Gasteiger partial charge in [-0.3, -0.25) is 9.69 Å². The van der Waals surface area contributed by atoms with Gasteiger partial charge in [0, 0.05) is 6.54 Å². The number of anilines is 1. The second-order valence-corrected chi connectivity index (χ2v) is 5.52. The Morgan fingerprint density at radius 2 is 1.68 bits per heavy atom. The van der Waals surface area contributed by atoms with Crippen LogP contribution in [0.4, 0.5) is 18.9 Å². The molecule has 0 radical (unpaired) electrons. The van der Waals surface area contributed by atoms with Gasteiger partial charge in [-0.25, -0.2) is 13.2 Å². The summed E-state index contributed by atoms with van der Waals surface area (Å²) in [5, 5.41) is 2.24. The van der Waals surface area contributed by atoms with E-state index in [1.165, 1.54) is 18.2 Å². The molecule has 0 bridgehead atoms. The second kappa shape index (κ2) is 8.53. The molecule has 0 aliphatic carbocycles. The molecule has 0 heterocycles. The lowest BCUT2D eigenvalue weighted by molar-refractivity contribution is -0.120. The molecule has 0 spiro atoms. The first-order valence-electron chi connectivity index (χ1n) is 7.72. The van der Waals surface area contributed by atoms with Gasteiger partial charge in [-0.2, -0.15) is 0 Å². The van der Waals surface area contributed by atoms with Gasteiger partial charge in [-0.1, -0.05) is 18.2 Å². The van der Waals surface area contributed by atoms with Gasteiger partial charge in [0.05, 0.1) is 6.04 Å². The second-order valence-electron chi connectivity index (χ2n) is 5.52. The molecule has 4 nitrogen and oxygen atoms in total. The van der Waals surface area contributed by atoms with Crippen LogP contribution in [0.2, 0.25) is 0 Å². The predicted octanol–water partition coefficient (Wildman–Crippen LogP) is 3.44. The molecule has 1 atom stereocenters. The molecule has 0 saturated carbocycles. The summed E-state index contributed by atoms with van der Waals surface area (Å²) in [6, 6.07) is 8.69. The Morgan fingerprint density at radius 3 is 2.32 bits per heavy atom. The molecule has 134 valence electrons. The van der Waals surface area contributed by atoms with Crippen LogP contribution >= 0.6 is 0 Å². The molecular formula is C18H19F3N2O2. The maximum atomic E-state index is 13.6. The van der Waals surface area contributed by atoms with Crippen LogP contribution in [0.1, 0.15) is 6.92 Å². The molecule has 0 saturated heterocycles. The minimum absolute atomic E-state index is 0.126. The Hall–Kier alpha value is -2.54. The number of carbonyl (C=O) groups excluding carboxylic acids is 1. The van der Waals surface area contributed by atoms with Gasteiger partial charge in [-0.05, 0) is 38.2 Å². The first-order valence-corrected chi connectivity index (χ1v) is 7.72. The largest absolute Gasteiger partial charge is 0.489 e. The van der Waals surface area contributed by atoms with Crippen molar-refractivity contribution in [2.24, 2.45) is 0 Å². The number of likely N-dealkylation sites (N-methyl/N-ethyl adjacent to an activating group) is 1. The Labute approximate surface area is 144 Å². The summed E-state index contributed by atoms with van der Waals surface area (Å²) < 4.78 is 45.9. The molecule has 2 aromatic carbocycles. The summed E-state index contributed by atoms with van der Waals surface area (Å²) in [7, 11) is 1.66. The fourth-order valence-corrected chi connectivity index (χ4v) is 2.10. The summed E-state index contributed by atoms with van der Waals surface area (Å²) >= 11 is 0. The van der Waals surface area contributed by atoms with E-state index in [0.717, 1.165) is 12.1 Å². The molecule has 0 aliphatic rings. The zero-order chi connectivity index (χ0) is 18.4. The van der Waals surface area contributed by atoms with Crippen molar-refractivity contribution in [3.05, 3.63) is 59.9 Å². The standard InChI is InChI=1S/C18H19F3N2O2/c1-12(18(24)22-17-14(20)7-5-8-15(17)21)23(2)10-11-25-16-9-4-3-6-13(16)19/h3-9,12H,10-11H2,1-2H3,(H,22,24). The molecule has 1 unspecified atom stereocenters. The highest BCUT2D eigenvalue weighted by molar-refractivity contribution is 5.94. The van der Waals surface area contributed by atoms with Gasteiger partial charge < -0.3 is 10.1 Å². The topological polar surface area (TPSA) is 41.6 Å². The number of nitrogens with zero attached hydrogens (tertiary/aromatic N) is 1. The van der Waals surface area contributed by atoms with Crippen LogP contribution in [-0.2, 0) is 4.79 Å². The predicted molar refractivity (Wildman–Crippen MR) is 89.0 cm³/mol. The first kappa shape index (κ1) is 18.8. The van der Waals surface area contributed by atoms with Crippen molar-refractivity contribution in [1.29, 1.82) is 0 Å². The number of halogens is 3. The van der Waals surface area contributed by atoms with E-state index >= 15 is 0 Å². The van der Waals surface area contributed by atoms with Crippen molar-refractivity contribution >= 4 is 11.6 Å². The van der Waals surface area contributed by atoms with Gasteiger partial charge in [0.2, 0.25) is 5.91 Å². The number of benzene rings is 2. The first-order chi connectivity index (χ1) is 11.9. The third-order valence-corrected chi connectivity index (χ3v) is 3.79. The number of nitrogens with one attached hydrogen (secondary N) is 1. The zero-order valence-electron chi connectivity index (χ0n) is 13.9. The van der Waals surface area contributed by atoms with E-state index in [-0.39, 0.29) is 12.4 Å². The van der Waals surface area contributed by atoms with Gasteiger partial charge in [-0.15, -0.1) is 0 Å². The number of para-hydroxylation sites is 2. The third-order valence-electron chi connectivity index (χ3n) is 3.79. The van der Waals surface area contributed by atoms with Gasteiger partial charge in [0.15, 0.2) is 11.6 Å². The fraction of sp³-hybridized carbons (Fsp3) is 0.278. The van der Waals surface area contributed by atoms with Crippen LogP contribution in [0.25, 0.3) is 0 Å². The number of hydrogen-bond donors (Lipinski definition) is 1. The van der Waals surface area contributed by atoms with Gasteiger partial charge in [0.1, 0.15) is 23.9 Å². The quantitative estimate of drug-likeness (QED) is 0.830. The highest BCUT2D eigenvalue weighted by atomic mass is 19.1. The molecule has 1 N–H and O–H groups in total. The lowest BCUT2D eigenvalue weighted by atomic mass is 10.2. The van der Waals surface area contributed by atoms with Crippen molar-refractivity contribution in [3.63, 3.8) is 0 Å². The lowest BCUT2D eigenvalue weighted by Crippen LogP contribution is -2.41. The molecule has 25 heavy (non-hydrogen) atoms. The summed E-state index contributed by atoms with van der Waals surface area (Å²) in [4.78, 5) is 13.8.